The summed E-state index contributed by atoms with van der Waals surface area (Å²) in [7, 11) is 0. The molecule has 2 aromatic carbocycles. The average molecular weight is 387 g/mol. The van der Waals surface area contributed by atoms with Gasteiger partial charge in [0.1, 0.15) is 0 Å². The van der Waals surface area contributed by atoms with Gasteiger partial charge in [0, 0.05) is 8.04 Å². The molecule has 0 bridgehead atoms. The number of aryl methyl sites for hydroxylation is 2. The van der Waals surface area contributed by atoms with E-state index >= 15 is 0 Å². The van der Waals surface area contributed by atoms with Crippen molar-refractivity contribution in [2.75, 3.05) is 0 Å². The highest BCUT2D eigenvalue weighted by Gasteiger charge is 2.01. The molecule has 0 radical (unpaired) electrons. The summed E-state index contributed by atoms with van der Waals surface area (Å²) in [6, 6.07) is 17.0. The van der Waals surface area contributed by atoms with Crippen LogP contribution in [0.3, 0.4) is 0 Å². The highest BCUT2D eigenvalue weighted by molar-refractivity contribution is 14.1. The van der Waals surface area contributed by atoms with Crippen LogP contribution in [-0.2, 0) is 12.8 Å². The topological polar surface area (TPSA) is 0 Å². The molecule has 0 atom stereocenters. The van der Waals surface area contributed by atoms with Gasteiger partial charge in [0.05, 0.1) is 0 Å². The van der Waals surface area contributed by atoms with E-state index in [2.05, 4.69) is 87.1 Å². The van der Waals surface area contributed by atoms with Gasteiger partial charge in [-0.1, -0.05) is 52.3 Å². The predicted octanol–water partition coefficient (Wildman–Crippen LogP) is 4.84. The largest absolute Gasteiger partial charge is 0.0619 e. The first-order valence-electron chi connectivity index (χ1n) is 5.24. The lowest BCUT2D eigenvalue weighted by Crippen LogP contribution is -1.94. The Morgan fingerprint density at radius 3 is 2.06 bits per heavy atom. The molecule has 0 aliphatic heterocycles. The monoisotopic (exact) mass is 386 g/mol. The van der Waals surface area contributed by atoms with Gasteiger partial charge in [0.2, 0.25) is 0 Å². The van der Waals surface area contributed by atoms with Crippen molar-refractivity contribution in [2.24, 2.45) is 0 Å². The molecule has 0 saturated carbocycles. The maximum Gasteiger partial charge on any atom is 0.0207 e. The van der Waals surface area contributed by atoms with Crippen molar-refractivity contribution in [3.63, 3.8) is 0 Å². The van der Waals surface area contributed by atoms with Crippen molar-refractivity contribution in [3.05, 3.63) is 67.7 Å². The Labute approximate surface area is 118 Å². The fourth-order valence-corrected chi connectivity index (χ4v) is 2.81. The van der Waals surface area contributed by atoms with Crippen LogP contribution in [0.25, 0.3) is 0 Å². The number of hydrogen-bond acceptors (Lipinski definition) is 0. The number of halogens is 2. The fourth-order valence-electron chi connectivity index (χ4n) is 1.67. The summed E-state index contributed by atoms with van der Waals surface area (Å²) >= 11 is 5.99. The summed E-state index contributed by atoms with van der Waals surface area (Å²) in [6.45, 7) is 0. The lowest BCUT2D eigenvalue weighted by atomic mass is 10.0. The molecule has 0 heterocycles. The van der Waals surface area contributed by atoms with Gasteiger partial charge < -0.3 is 0 Å². The smallest absolute Gasteiger partial charge is 0.0207 e. The quantitative estimate of drug-likeness (QED) is 0.662. The number of rotatable bonds is 3. The van der Waals surface area contributed by atoms with Crippen LogP contribution in [0.4, 0.5) is 0 Å². The predicted molar refractivity (Wildman–Crippen MR) is 80.7 cm³/mol. The van der Waals surface area contributed by atoms with Crippen LogP contribution in [0, 0.1) is 3.57 Å². The Bertz CT molecular complexity index is 434. The molecule has 2 aromatic rings. The minimum absolute atomic E-state index is 1.08. The zero-order chi connectivity index (χ0) is 11.4. The van der Waals surface area contributed by atoms with Crippen molar-refractivity contribution in [1.29, 1.82) is 0 Å². The molecule has 0 nitrogen and oxygen atoms in total. The molecular formula is C14H12BrI. The van der Waals surface area contributed by atoms with Crippen LogP contribution in [0.15, 0.2) is 53.0 Å². The van der Waals surface area contributed by atoms with E-state index in [0.29, 0.717) is 0 Å². The average Bonchev–Trinajstić information content (AvgIpc) is 2.30. The highest BCUT2D eigenvalue weighted by atomic mass is 127. The Balaban J connectivity index is 2.09. The molecule has 0 aromatic heterocycles. The molecule has 16 heavy (non-hydrogen) atoms. The van der Waals surface area contributed by atoms with Gasteiger partial charge in [0.25, 0.3) is 0 Å². The molecule has 2 rings (SSSR count). The molecule has 0 amide bonds. The molecule has 0 unspecified atom stereocenters. The van der Waals surface area contributed by atoms with Crippen LogP contribution in [0.5, 0.6) is 0 Å². The zero-order valence-electron chi connectivity index (χ0n) is 8.79. The van der Waals surface area contributed by atoms with Gasteiger partial charge >= 0.3 is 0 Å². The van der Waals surface area contributed by atoms with Crippen LogP contribution >= 0.6 is 38.5 Å². The molecule has 0 fully saturated rings. The van der Waals surface area contributed by atoms with E-state index in [0.717, 1.165) is 12.8 Å². The van der Waals surface area contributed by atoms with Gasteiger partial charge in [-0.05, 0) is 58.7 Å². The molecule has 0 aliphatic carbocycles. The SMILES string of the molecule is Brc1ccccc1CCc1ccccc1I. The Morgan fingerprint density at radius 1 is 0.812 bits per heavy atom. The third-order valence-corrected chi connectivity index (χ3v) is 4.41. The van der Waals surface area contributed by atoms with E-state index in [4.69, 9.17) is 0 Å². The third kappa shape index (κ3) is 3.08. The minimum Gasteiger partial charge on any atom is -0.0619 e. The summed E-state index contributed by atoms with van der Waals surface area (Å²) < 4.78 is 2.56. The van der Waals surface area contributed by atoms with Crippen LogP contribution in [0.1, 0.15) is 11.1 Å². The molecule has 2 heteroatoms. The van der Waals surface area contributed by atoms with Crippen molar-refractivity contribution in [3.8, 4) is 0 Å². The van der Waals surface area contributed by atoms with E-state index in [1.54, 1.807) is 0 Å². The van der Waals surface area contributed by atoms with Crippen molar-refractivity contribution in [1.82, 2.24) is 0 Å². The molecule has 82 valence electrons. The van der Waals surface area contributed by atoms with E-state index in [1.165, 1.54) is 19.2 Å². The first-order chi connectivity index (χ1) is 7.77. The second-order valence-corrected chi connectivity index (χ2v) is 5.70. The van der Waals surface area contributed by atoms with Gasteiger partial charge in [-0.25, -0.2) is 0 Å². The summed E-state index contributed by atoms with van der Waals surface area (Å²) in [5, 5.41) is 0. The maximum atomic E-state index is 3.59. The summed E-state index contributed by atoms with van der Waals surface area (Å²) in [4.78, 5) is 0. The first-order valence-corrected chi connectivity index (χ1v) is 7.11. The van der Waals surface area contributed by atoms with E-state index < -0.39 is 0 Å². The molecule has 0 spiro atoms. The first kappa shape index (κ1) is 12.1. The van der Waals surface area contributed by atoms with Crippen LogP contribution < -0.4 is 0 Å². The van der Waals surface area contributed by atoms with Crippen molar-refractivity contribution < 1.29 is 0 Å². The molecule has 0 aliphatic rings. The second-order valence-electron chi connectivity index (χ2n) is 3.68. The zero-order valence-corrected chi connectivity index (χ0v) is 12.5. The van der Waals surface area contributed by atoms with Crippen molar-refractivity contribution in [2.45, 2.75) is 12.8 Å². The normalized spacial score (nSPS) is 10.4. The van der Waals surface area contributed by atoms with Crippen LogP contribution in [-0.4, -0.2) is 0 Å². The number of benzene rings is 2. The van der Waals surface area contributed by atoms with E-state index in [9.17, 15) is 0 Å². The summed E-state index contributed by atoms with van der Waals surface area (Å²) in [5.41, 5.74) is 2.81. The minimum atomic E-state index is 1.08. The van der Waals surface area contributed by atoms with E-state index in [-0.39, 0.29) is 0 Å². The third-order valence-electron chi connectivity index (χ3n) is 2.58. The fraction of sp³-hybridized carbons (Fsp3) is 0.143. The molecule has 0 saturated heterocycles. The second kappa shape index (κ2) is 5.82. The number of hydrogen-bond donors (Lipinski definition) is 0. The lowest BCUT2D eigenvalue weighted by molar-refractivity contribution is 0.948. The Morgan fingerprint density at radius 2 is 1.38 bits per heavy atom. The van der Waals surface area contributed by atoms with Gasteiger partial charge in [0.15, 0.2) is 0 Å². The molecular weight excluding hydrogens is 375 g/mol. The summed E-state index contributed by atoms with van der Waals surface area (Å²) in [5.74, 6) is 0. The highest BCUT2D eigenvalue weighted by Crippen LogP contribution is 2.19. The Hall–Kier alpha value is -0.350. The van der Waals surface area contributed by atoms with Crippen LogP contribution in [0.2, 0.25) is 0 Å². The summed E-state index contributed by atoms with van der Waals surface area (Å²) in [6.07, 6.45) is 2.18. The lowest BCUT2D eigenvalue weighted by Gasteiger charge is -2.06. The Kier molecular flexibility index (Phi) is 4.41. The van der Waals surface area contributed by atoms with Gasteiger partial charge in [-0.2, -0.15) is 0 Å². The molecule has 0 N–H and O–H groups in total. The standard InChI is InChI=1S/C14H12BrI/c15-13-7-3-1-5-11(13)9-10-12-6-2-4-8-14(12)16/h1-8H,9-10H2. The van der Waals surface area contributed by atoms with Crippen molar-refractivity contribution >= 4 is 38.5 Å². The van der Waals surface area contributed by atoms with E-state index in [1.807, 2.05) is 0 Å². The van der Waals surface area contributed by atoms with Gasteiger partial charge in [-0.3, -0.25) is 0 Å². The van der Waals surface area contributed by atoms with Gasteiger partial charge in [-0.15, -0.1) is 0 Å². The maximum absolute atomic E-state index is 3.59.